The number of methoxy groups -OCH3 is 1. The quantitative estimate of drug-likeness (QED) is 0.903. The highest BCUT2D eigenvalue weighted by atomic mass is 16.5. The van der Waals surface area contributed by atoms with E-state index in [1.807, 2.05) is 12.1 Å². The summed E-state index contributed by atoms with van der Waals surface area (Å²) in [5, 5.41) is 9.76. The van der Waals surface area contributed by atoms with Crippen LogP contribution in [0.25, 0.3) is 0 Å². The number of anilines is 1. The Balaban J connectivity index is 1.46. The zero-order valence-corrected chi connectivity index (χ0v) is 15.7. The molecule has 1 unspecified atom stereocenters. The first-order valence-electron chi connectivity index (χ1n) is 9.99. The lowest BCUT2D eigenvalue weighted by Gasteiger charge is -2.41. The number of piperidine rings is 1. The van der Waals surface area contributed by atoms with Gasteiger partial charge in [0.25, 0.3) is 0 Å². The zero-order valence-electron chi connectivity index (χ0n) is 15.7. The molecule has 1 atom stereocenters. The van der Waals surface area contributed by atoms with Crippen LogP contribution in [0.15, 0.2) is 24.3 Å². The first-order valence-corrected chi connectivity index (χ1v) is 9.99. The van der Waals surface area contributed by atoms with E-state index in [-0.39, 0.29) is 11.5 Å². The lowest BCUT2D eigenvalue weighted by Crippen LogP contribution is -2.50. The van der Waals surface area contributed by atoms with Gasteiger partial charge in [-0.05, 0) is 69.2 Å². The van der Waals surface area contributed by atoms with Gasteiger partial charge < -0.3 is 19.6 Å². The van der Waals surface area contributed by atoms with Crippen molar-refractivity contribution in [3.05, 3.63) is 24.3 Å². The molecule has 1 amide bonds. The van der Waals surface area contributed by atoms with Crippen LogP contribution < -0.4 is 9.64 Å². The molecule has 3 aliphatic rings. The van der Waals surface area contributed by atoms with Crippen LogP contribution in [0.3, 0.4) is 0 Å². The van der Waals surface area contributed by atoms with E-state index in [2.05, 4.69) is 21.9 Å². The fourth-order valence-corrected chi connectivity index (χ4v) is 5.09. The molecule has 1 saturated carbocycles. The van der Waals surface area contributed by atoms with E-state index in [0.717, 1.165) is 70.3 Å². The van der Waals surface area contributed by atoms with Gasteiger partial charge in [-0.15, -0.1) is 0 Å². The van der Waals surface area contributed by atoms with Crippen LogP contribution in [0, 0.1) is 5.41 Å². The van der Waals surface area contributed by atoms with E-state index >= 15 is 0 Å². The van der Waals surface area contributed by atoms with Gasteiger partial charge in [0.2, 0.25) is 5.91 Å². The molecule has 5 nitrogen and oxygen atoms in total. The molecule has 1 aliphatic carbocycles. The number of nitrogens with zero attached hydrogens (tertiary/aromatic N) is 2. The van der Waals surface area contributed by atoms with Crippen LogP contribution in [0.4, 0.5) is 5.69 Å². The normalized spacial score (nSPS) is 32.3. The van der Waals surface area contributed by atoms with Gasteiger partial charge in [0.15, 0.2) is 0 Å². The van der Waals surface area contributed by atoms with Crippen molar-refractivity contribution in [2.75, 3.05) is 31.6 Å². The molecule has 0 radical (unpaired) electrons. The molecule has 1 aromatic carbocycles. The van der Waals surface area contributed by atoms with Gasteiger partial charge in [-0.1, -0.05) is 0 Å². The number of hydrogen-bond acceptors (Lipinski definition) is 4. The molecule has 26 heavy (non-hydrogen) atoms. The number of ether oxygens (including phenoxy) is 1. The second-order valence-corrected chi connectivity index (χ2v) is 8.21. The van der Waals surface area contributed by atoms with Crippen LogP contribution in [0.5, 0.6) is 5.75 Å². The van der Waals surface area contributed by atoms with E-state index in [0.29, 0.717) is 11.9 Å². The monoisotopic (exact) mass is 358 g/mol. The van der Waals surface area contributed by atoms with Gasteiger partial charge in [-0.3, -0.25) is 4.79 Å². The molecule has 1 spiro atoms. The summed E-state index contributed by atoms with van der Waals surface area (Å²) in [7, 11) is 1.68. The number of carbonyl (C=O) groups is 1. The van der Waals surface area contributed by atoms with Crippen molar-refractivity contribution in [3.8, 4) is 5.75 Å². The van der Waals surface area contributed by atoms with Crippen LogP contribution in [0.1, 0.15) is 44.9 Å². The van der Waals surface area contributed by atoms with Crippen molar-refractivity contribution in [1.29, 1.82) is 0 Å². The Morgan fingerprint density at radius 2 is 1.81 bits per heavy atom. The highest BCUT2D eigenvalue weighted by Crippen LogP contribution is 2.43. The lowest BCUT2D eigenvalue weighted by molar-refractivity contribution is -0.139. The minimum atomic E-state index is -0.214. The summed E-state index contributed by atoms with van der Waals surface area (Å²) in [5.74, 6) is 1.22. The van der Waals surface area contributed by atoms with Crippen LogP contribution in [-0.2, 0) is 4.79 Å². The Hall–Kier alpha value is -1.75. The maximum atomic E-state index is 13.4. The molecule has 2 saturated heterocycles. The van der Waals surface area contributed by atoms with E-state index in [4.69, 9.17) is 4.74 Å². The van der Waals surface area contributed by atoms with Crippen molar-refractivity contribution in [1.82, 2.24) is 4.90 Å². The first kappa shape index (κ1) is 17.7. The van der Waals surface area contributed by atoms with Crippen molar-refractivity contribution in [2.24, 2.45) is 5.41 Å². The number of rotatable bonds is 3. The molecule has 0 aromatic heterocycles. The summed E-state index contributed by atoms with van der Waals surface area (Å²) in [6.07, 6.45) is 6.43. The number of hydrogen-bond donors (Lipinski definition) is 1. The lowest BCUT2D eigenvalue weighted by atomic mass is 9.78. The van der Waals surface area contributed by atoms with Crippen molar-refractivity contribution < 1.29 is 14.6 Å². The summed E-state index contributed by atoms with van der Waals surface area (Å²) in [6, 6.07) is 8.51. The zero-order chi connectivity index (χ0) is 18.1. The molecule has 0 bridgehead atoms. The summed E-state index contributed by atoms with van der Waals surface area (Å²) < 4.78 is 5.26. The fourth-order valence-electron chi connectivity index (χ4n) is 5.09. The Labute approximate surface area is 155 Å². The minimum Gasteiger partial charge on any atom is -0.497 e. The molecular weight excluding hydrogens is 328 g/mol. The van der Waals surface area contributed by atoms with E-state index in [1.54, 1.807) is 7.11 Å². The number of benzene rings is 1. The molecule has 3 fully saturated rings. The third-order valence-corrected chi connectivity index (χ3v) is 6.67. The number of carbonyl (C=O) groups excluding carboxylic acids is 1. The molecule has 4 rings (SSSR count). The molecule has 2 heterocycles. The number of aliphatic hydroxyl groups is 1. The van der Waals surface area contributed by atoms with Gasteiger partial charge in [-0.25, -0.2) is 0 Å². The van der Waals surface area contributed by atoms with Gasteiger partial charge >= 0.3 is 0 Å². The standard InChI is InChI=1S/C21H30N2O3/c1-26-19-9-5-16(6-10-19)22-13-2-11-21(15-22)12-14-23(20(21)25)17-3-7-18(24)8-4-17/h5-6,9-10,17-18,24H,2-4,7-8,11-15H2,1H3. The summed E-state index contributed by atoms with van der Waals surface area (Å²) in [6.45, 7) is 2.72. The largest absolute Gasteiger partial charge is 0.497 e. The number of likely N-dealkylation sites (tertiary alicyclic amines) is 1. The maximum absolute atomic E-state index is 13.4. The van der Waals surface area contributed by atoms with Crippen molar-refractivity contribution in [3.63, 3.8) is 0 Å². The average molecular weight is 358 g/mol. The Bertz CT molecular complexity index is 639. The van der Waals surface area contributed by atoms with Gasteiger partial charge in [0.1, 0.15) is 5.75 Å². The van der Waals surface area contributed by atoms with E-state index in [9.17, 15) is 9.90 Å². The molecular formula is C21H30N2O3. The Morgan fingerprint density at radius 3 is 2.50 bits per heavy atom. The predicted molar refractivity (Wildman–Crippen MR) is 101 cm³/mol. The average Bonchev–Trinajstić information content (AvgIpc) is 2.98. The van der Waals surface area contributed by atoms with Crippen molar-refractivity contribution >= 4 is 11.6 Å². The van der Waals surface area contributed by atoms with E-state index < -0.39 is 0 Å². The first-order chi connectivity index (χ1) is 12.6. The topological polar surface area (TPSA) is 53.0 Å². The highest BCUT2D eigenvalue weighted by molar-refractivity contribution is 5.86. The summed E-state index contributed by atoms with van der Waals surface area (Å²) in [5.41, 5.74) is 0.964. The fraction of sp³-hybridized carbons (Fsp3) is 0.667. The Kier molecular flexibility index (Phi) is 4.82. The van der Waals surface area contributed by atoms with Gasteiger partial charge in [-0.2, -0.15) is 0 Å². The SMILES string of the molecule is COc1ccc(N2CCCC3(CCN(C4CCC(O)CC4)C3=O)C2)cc1. The van der Waals surface area contributed by atoms with Gasteiger partial charge in [0.05, 0.1) is 18.6 Å². The molecule has 2 aliphatic heterocycles. The third-order valence-electron chi connectivity index (χ3n) is 6.67. The number of amides is 1. The second-order valence-electron chi connectivity index (χ2n) is 8.21. The van der Waals surface area contributed by atoms with Crippen LogP contribution >= 0.6 is 0 Å². The molecule has 1 N–H and O–H groups in total. The smallest absolute Gasteiger partial charge is 0.230 e. The third kappa shape index (κ3) is 3.18. The molecule has 142 valence electrons. The summed E-state index contributed by atoms with van der Waals surface area (Å²) >= 11 is 0. The minimum absolute atomic E-state index is 0.168. The highest BCUT2D eigenvalue weighted by Gasteiger charge is 2.50. The Morgan fingerprint density at radius 1 is 1.08 bits per heavy atom. The van der Waals surface area contributed by atoms with Crippen molar-refractivity contribution in [2.45, 2.75) is 57.1 Å². The number of aliphatic hydroxyl groups excluding tert-OH is 1. The van der Waals surface area contributed by atoms with Crippen LogP contribution in [-0.4, -0.2) is 54.8 Å². The predicted octanol–water partition coefficient (Wildman–Crippen LogP) is 2.82. The summed E-state index contributed by atoms with van der Waals surface area (Å²) in [4.78, 5) is 17.9. The van der Waals surface area contributed by atoms with E-state index in [1.165, 1.54) is 5.69 Å². The molecule has 1 aromatic rings. The van der Waals surface area contributed by atoms with Gasteiger partial charge in [0, 0.05) is 31.4 Å². The maximum Gasteiger partial charge on any atom is 0.230 e. The molecule has 5 heteroatoms. The second kappa shape index (κ2) is 7.10. The van der Waals surface area contributed by atoms with Crippen LogP contribution in [0.2, 0.25) is 0 Å².